The third-order valence-electron chi connectivity index (χ3n) is 3.70. The number of carbonyl (C=O) groups excluding carboxylic acids is 1. The van der Waals surface area contributed by atoms with Crippen LogP contribution in [0.3, 0.4) is 0 Å². The maximum atomic E-state index is 12.6. The van der Waals surface area contributed by atoms with Gasteiger partial charge in [0.1, 0.15) is 0 Å². The first-order valence-electron chi connectivity index (χ1n) is 6.55. The number of amides is 1. The Morgan fingerprint density at radius 1 is 1.48 bits per heavy atom. The monoisotopic (exact) mass is 352 g/mol. The molecule has 0 saturated carbocycles. The molecule has 2 N–H and O–H groups in total. The molecule has 1 aliphatic rings. The molecule has 1 aromatic rings. The van der Waals surface area contributed by atoms with Gasteiger partial charge in [-0.05, 0) is 31.0 Å². The van der Waals surface area contributed by atoms with Crippen molar-refractivity contribution in [3.8, 4) is 0 Å². The zero-order chi connectivity index (χ0) is 14.7. The second kappa shape index (κ2) is 8.20. The lowest BCUT2D eigenvalue weighted by Crippen LogP contribution is -2.51. The predicted octanol–water partition coefficient (Wildman–Crippen LogP) is 2.99. The van der Waals surface area contributed by atoms with Gasteiger partial charge in [-0.1, -0.05) is 23.2 Å². The number of nitrogens with two attached hydrogens (primary N) is 1. The minimum absolute atomic E-state index is 0. The minimum Gasteiger partial charge on any atom is -0.381 e. The number of benzene rings is 1. The summed E-state index contributed by atoms with van der Waals surface area (Å²) in [6, 6.07) is 4.88. The average Bonchev–Trinajstić information content (AvgIpc) is 2.46. The van der Waals surface area contributed by atoms with E-state index in [9.17, 15) is 4.79 Å². The van der Waals surface area contributed by atoms with Crippen LogP contribution in [0.4, 0.5) is 0 Å². The lowest BCUT2D eigenvalue weighted by Gasteiger charge is -2.38. The van der Waals surface area contributed by atoms with Crippen molar-refractivity contribution in [1.82, 2.24) is 4.90 Å². The van der Waals surface area contributed by atoms with Crippen LogP contribution in [0.25, 0.3) is 0 Å². The maximum Gasteiger partial charge on any atom is 0.255 e. The van der Waals surface area contributed by atoms with E-state index in [1.807, 2.05) is 0 Å². The lowest BCUT2D eigenvalue weighted by atomic mass is 9.98. The highest BCUT2D eigenvalue weighted by Gasteiger charge is 2.32. The molecule has 4 nitrogen and oxygen atoms in total. The summed E-state index contributed by atoms with van der Waals surface area (Å²) in [7, 11) is 1.69. The fourth-order valence-electron chi connectivity index (χ4n) is 2.54. The fraction of sp³-hybridized carbons (Fsp3) is 0.500. The third kappa shape index (κ3) is 4.24. The molecule has 1 fully saturated rings. The topological polar surface area (TPSA) is 55.6 Å². The molecule has 0 radical (unpaired) electrons. The number of hydrogen-bond donors (Lipinski definition) is 1. The Labute approximate surface area is 140 Å². The number of ether oxygens (including phenoxy) is 1. The van der Waals surface area contributed by atoms with E-state index in [-0.39, 0.29) is 30.5 Å². The highest BCUT2D eigenvalue weighted by Crippen LogP contribution is 2.26. The van der Waals surface area contributed by atoms with Crippen LogP contribution in [0.1, 0.15) is 23.2 Å². The van der Waals surface area contributed by atoms with Crippen LogP contribution < -0.4 is 5.73 Å². The molecule has 1 saturated heterocycles. The van der Waals surface area contributed by atoms with Crippen molar-refractivity contribution in [2.45, 2.75) is 25.0 Å². The zero-order valence-electron chi connectivity index (χ0n) is 11.7. The minimum atomic E-state index is -0.100. The van der Waals surface area contributed by atoms with E-state index in [1.165, 1.54) is 0 Å². The van der Waals surface area contributed by atoms with Crippen molar-refractivity contribution in [1.29, 1.82) is 0 Å². The summed E-state index contributed by atoms with van der Waals surface area (Å²) in [5.74, 6) is -0.100. The van der Waals surface area contributed by atoms with Crippen molar-refractivity contribution in [3.63, 3.8) is 0 Å². The molecule has 0 aliphatic carbocycles. The number of methoxy groups -OCH3 is 1. The Hall–Kier alpha value is -0.520. The highest BCUT2D eigenvalue weighted by atomic mass is 35.5. The number of carbonyl (C=O) groups is 1. The summed E-state index contributed by atoms with van der Waals surface area (Å²) in [4.78, 5) is 14.4. The van der Waals surface area contributed by atoms with Gasteiger partial charge in [0.05, 0.1) is 16.7 Å². The molecule has 1 amide bonds. The number of hydrogen-bond acceptors (Lipinski definition) is 3. The molecular weight excluding hydrogens is 335 g/mol. The molecule has 2 atom stereocenters. The first kappa shape index (κ1) is 18.5. The van der Waals surface area contributed by atoms with Crippen molar-refractivity contribution in [2.75, 3.05) is 20.2 Å². The second-order valence-electron chi connectivity index (χ2n) is 4.89. The van der Waals surface area contributed by atoms with Crippen molar-refractivity contribution in [3.05, 3.63) is 33.8 Å². The first-order chi connectivity index (χ1) is 9.56. The van der Waals surface area contributed by atoms with E-state index < -0.39 is 0 Å². The maximum absolute atomic E-state index is 12.6. The average molecular weight is 354 g/mol. The fourth-order valence-corrected chi connectivity index (χ4v) is 3.03. The summed E-state index contributed by atoms with van der Waals surface area (Å²) in [5, 5.41) is 0.882. The molecule has 1 aliphatic heterocycles. The van der Waals surface area contributed by atoms with Crippen LogP contribution >= 0.6 is 35.6 Å². The molecular formula is C14H19Cl3N2O2. The molecule has 118 valence electrons. The Bertz CT molecular complexity index is 499. The Morgan fingerprint density at radius 2 is 2.19 bits per heavy atom. The number of likely N-dealkylation sites (tertiary alicyclic amines) is 1. The lowest BCUT2D eigenvalue weighted by molar-refractivity contribution is 0.0139. The molecule has 0 aromatic heterocycles. The Kier molecular flexibility index (Phi) is 7.24. The first-order valence-corrected chi connectivity index (χ1v) is 7.31. The van der Waals surface area contributed by atoms with Gasteiger partial charge in [0.25, 0.3) is 5.91 Å². The number of halogens is 3. The normalized spacial score (nSPS) is 21.8. The van der Waals surface area contributed by atoms with Gasteiger partial charge >= 0.3 is 0 Å². The van der Waals surface area contributed by atoms with Crippen molar-refractivity contribution in [2.24, 2.45) is 5.73 Å². The van der Waals surface area contributed by atoms with E-state index in [1.54, 1.807) is 30.2 Å². The van der Waals surface area contributed by atoms with E-state index in [0.717, 1.165) is 12.8 Å². The summed E-state index contributed by atoms with van der Waals surface area (Å²) in [5.41, 5.74) is 6.25. The summed E-state index contributed by atoms with van der Waals surface area (Å²) in [6.45, 7) is 1.04. The standard InChI is InChI=1S/C14H18Cl2N2O2.ClH/c1-20-11-4-5-18(10(7-11)8-17)14(19)12-3-2-9(15)6-13(12)16;/h2-3,6,10-11H,4-5,7-8,17H2,1H3;1H. The molecule has 2 unspecified atom stereocenters. The molecule has 1 aromatic carbocycles. The number of piperidine rings is 1. The van der Waals surface area contributed by atoms with Crippen molar-refractivity contribution < 1.29 is 9.53 Å². The predicted molar refractivity (Wildman–Crippen MR) is 87.6 cm³/mol. The van der Waals surface area contributed by atoms with Crippen LogP contribution in [0.2, 0.25) is 10.0 Å². The second-order valence-corrected chi connectivity index (χ2v) is 5.74. The summed E-state index contributed by atoms with van der Waals surface area (Å²) in [6.07, 6.45) is 1.72. The van der Waals surface area contributed by atoms with Crippen molar-refractivity contribution >= 4 is 41.5 Å². The van der Waals surface area contributed by atoms with Crippen LogP contribution in [0.5, 0.6) is 0 Å². The molecule has 21 heavy (non-hydrogen) atoms. The Balaban J connectivity index is 0.00000220. The molecule has 0 spiro atoms. The SMILES string of the molecule is COC1CCN(C(=O)c2ccc(Cl)cc2Cl)C(CN)C1.Cl. The number of rotatable bonds is 3. The smallest absolute Gasteiger partial charge is 0.255 e. The van der Waals surface area contributed by atoms with Gasteiger partial charge in [-0.15, -0.1) is 12.4 Å². The van der Waals surface area contributed by atoms with Gasteiger partial charge in [-0.3, -0.25) is 4.79 Å². The zero-order valence-corrected chi connectivity index (χ0v) is 14.0. The van der Waals surface area contributed by atoms with Gasteiger partial charge in [-0.25, -0.2) is 0 Å². The third-order valence-corrected chi connectivity index (χ3v) is 4.24. The van der Waals surface area contributed by atoms with E-state index in [2.05, 4.69) is 0 Å². The number of nitrogens with zero attached hydrogens (tertiary/aromatic N) is 1. The van der Waals surface area contributed by atoms with E-state index in [4.69, 9.17) is 33.7 Å². The van der Waals surface area contributed by atoms with Gasteiger partial charge in [-0.2, -0.15) is 0 Å². The van der Waals surface area contributed by atoms with Gasteiger partial charge < -0.3 is 15.4 Å². The van der Waals surface area contributed by atoms with Crippen LogP contribution in [-0.4, -0.2) is 43.2 Å². The summed E-state index contributed by atoms with van der Waals surface area (Å²) < 4.78 is 5.36. The highest BCUT2D eigenvalue weighted by molar-refractivity contribution is 6.36. The largest absolute Gasteiger partial charge is 0.381 e. The van der Waals surface area contributed by atoms with Crippen LogP contribution in [0.15, 0.2) is 18.2 Å². The van der Waals surface area contributed by atoms with Gasteiger partial charge in [0, 0.05) is 31.3 Å². The molecule has 2 rings (SSSR count). The Morgan fingerprint density at radius 3 is 2.76 bits per heavy atom. The van der Waals surface area contributed by atoms with Gasteiger partial charge in [0.15, 0.2) is 0 Å². The molecule has 0 bridgehead atoms. The van der Waals surface area contributed by atoms with Crippen LogP contribution in [-0.2, 0) is 4.74 Å². The molecule has 1 heterocycles. The van der Waals surface area contributed by atoms with E-state index >= 15 is 0 Å². The van der Waals surface area contributed by atoms with E-state index in [0.29, 0.717) is 28.7 Å². The quantitative estimate of drug-likeness (QED) is 0.909. The van der Waals surface area contributed by atoms with Crippen LogP contribution in [0, 0.1) is 0 Å². The summed E-state index contributed by atoms with van der Waals surface area (Å²) >= 11 is 12.0. The molecule has 7 heteroatoms. The van der Waals surface area contributed by atoms with Gasteiger partial charge in [0.2, 0.25) is 0 Å².